The van der Waals surface area contributed by atoms with E-state index in [0.717, 1.165) is 0 Å². The summed E-state index contributed by atoms with van der Waals surface area (Å²) in [6.45, 7) is 0. The molecule has 5 heavy (non-hydrogen) atoms. The molecule has 0 heterocycles. The van der Waals surface area contributed by atoms with Crippen LogP contribution in [0.4, 0.5) is 0 Å². The average Bonchev–Trinajstić information content (AvgIpc) is 1.38. The zero-order valence-electron chi connectivity index (χ0n) is 2.13. The van der Waals surface area contributed by atoms with Crippen LogP contribution in [0.25, 0.3) is 0 Å². The molecule has 0 atom stereocenters. The highest BCUT2D eigenvalue weighted by Crippen LogP contribution is 2.27. The summed E-state index contributed by atoms with van der Waals surface area (Å²) in [6, 6.07) is 0. The van der Waals surface area contributed by atoms with Crippen LogP contribution >= 0.6 is 31.6 Å². The Balaban J connectivity index is 2.54. The third-order valence-electron chi connectivity index (χ3n) is 0.0617. The first-order chi connectivity index (χ1) is 2.27. The fourth-order valence-electron chi connectivity index (χ4n) is 0. The molecule has 0 aliphatic carbocycles. The molecule has 0 saturated heterocycles. The third-order valence-corrected chi connectivity index (χ3v) is 1.24. The van der Waals surface area contributed by atoms with E-state index in [-0.39, 0.29) is 0 Å². The number of halogens is 1. The molecule has 0 aliphatic heterocycles. The van der Waals surface area contributed by atoms with Crippen molar-refractivity contribution in [1.82, 2.24) is 0 Å². The molecule has 0 aromatic carbocycles. The molecule has 0 amide bonds. The van der Waals surface area contributed by atoms with Crippen molar-refractivity contribution in [3.8, 4) is 0 Å². The van der Waals surface area contributed by atoms with Crippen LogP contribution in [0.5, 0.6) is 0 Å². The Bertz CT molecular complexity index is 20.9. The minimum absolute atomic E-state index is 1.41. The molecule has 3 nitrogen and oxygen atoms in total. The summed E-state index contributed by atoms with van der Waals surface area (Å²) < 4.78 is 3.90. The van der Waals surface area contributed by atoms with Gasteiger partial charge in [-0.1, -0.05) is 0 Å². The summed E-state index contributed by atoms with van der Waals surface area (Å²) in [5.74, 6) is 0. The van der Waals surface area contributed by atoms with E-state index in [1.807, 2.05) is 0 Å². The Morgan fingerprint density at radius 3 is 1.80 bits per heavy atom. The zero-order valence-corrected chi connectivity index (χ0v) is 5.18. The smallest absolute Gasteiger partial charge is 0.328 e. The first-order valence-electron chi connectivity index (χ1n) is 0.737. The van der Waals surface area contributed by atoms with Gasteiger partial charge in [0, 0.05) is 0 Å². The molecule has 0 unspecified atom stereocenters. The number of rotatable bonds is 1. The third kappa shape index (κ3) is 5.04. The van der Waals surface area contributed by atoms with Crippen molar-refractivity contribution in [3.05, 3.63) is 0 Å². The van der Waals surface area contributed by atoms with Crippen LogP contribution < -0.4 is 0 Å². The standard InChI is InChI=1S/H2IO3P/c1-4-5(2)3/h2-3H. The maximum atomic E-state index is 7.75. The average molecular weight is 208 g/mol. The molecular weight excluding hydrogens is 206 g/mol. The Hall–Kier alpha value is 1.04. The second-order valence-electron chi connectivity index (χ2n) is 0.322. The molecule has 0 aromatic heterocycles. The first kappa shape index (κ1) is 6.04. The van der Waals surface area contributed by atoms with Crippen molar-refractivity contribution in [1.29, 1.82) is 0 Å². The molecule has 5 heteroatoms. The molecule has 32 valence electrons. The highest BCUT2D eigenvalue weighted by Gasteiger charge is 1.88. The van der Waals surface area contributed by atoms with E-state index >= 15 is 0 Å². The van der Waals surface area contributed by atoms with Crippen LogP contribution in [-0.2, 0) is 2.85 Å². The van der Waals surface area contributed by atoms with Gasteiger partial charge in [-0.15, -0.1) is 0 Å². The summed E-state index contributed by atoms with van der Waals surface area (Å²) in [5, 5.41) is 0. The van der Waals surface area contributed by atoms with Gasteiger partial charge in [-0.3, -0.25) is 0 Å². The van der Waals surface area contributed by atoms with Gasteiger partial charge in [0.1, 0.15) is 23.0 Å². The monoisotopic (exact) mass is 208 g/mol. The van der Waals surface area contributed by atoms with E-state index in [9.17, 15) is 0 Å². The second kappa shape index (κ2) is 3.24. The first-order valence-corrected chi connectivity index (χ1v) is 2.78. The summed E-state index contributed by atoms with van der Waals surface area (Å²) in [5.41, 5.74) is 0. The van der Waals surface area contributed by atoms with Crippen molar-refractivity contribution in [3.63, 3.8) is 0 Å². The summed E-state index contributed by atoms with van der Waals surface area (Å²) >= 11 is 1.41. The second-order valence-corrected chi connectivity index (χ2v) is 2.15. The number of hydrogen-bond donors (Lipinski definition) is 2. The molecule has 0 bridgehead atoms. The van der Waals surface area contributed by atoms with Crippen LogP contribution in [0, 0.1) is 0 Å². The van der Waals surface area contributed by atoms with Crippen LogP contribution in [0.15, 0.2) is 0 Å². The lowest BCUT2D eigenvalue weighted by molar-refractivity contribution is 0.413. The van der Waals surface area contributed by atoms with Gasteiger partial charge in [-0.2, -0.15) is 0 Å². The summed E-state index contributed by atoms with van der Waals surface area (Å²) in [6.07, 6.45) is 0. The maximum Gasteiger partial charge on any atom is 0.337 e. The Kier molecular flexibility index (Phi) is 3.91. The normalized spacial score (nSPS) is 9.60. The van der Waals surface area contributed by atoms with E-state index < -0.39 is 8.60 Å². The van der Waals surface area contributed by atoms with Crippen molar-refractivity contribution in [2.24, 2.45) is 0 Å². The quantitative estimate of drug-likeness (QED) is 0.489. The minimum atomic E-state index is -2.11. The van der Waals surface area contributed by atoms with E-state index in [1.54, 1.807) is 0 Å². The van der Waals surface area contributed by atoms with Crippen molar-refractivity contribution < 1.29 is 12.6 Å². The topological polar surface area (TPSA) is 49.7 Å². The van der Waals surface area contributed by atoms with E-state index in [1.165, 1.54) is 23.0 Å². The highest BCUT2D eigenvalue weighted by molar-refractivity contribution is 14.1. The molecule has 0 aliphatic rings. The van der Waals surface area contributed by atoms with Gasteiger partial charge in [-0.25, -0.2) is 2.85 Å². The molecule has 0 aromatic rings. The SMILES string of the molecule is OP(O)OI. The lowest BCUT2D eigenvalue weighted by atomic mass is 15.8. The predicted molar refractivity (Wildman–Crippen MR) is 26.5 cm³/mol. The van der Waals surface area contributed by atoms with Crippen molar-refractivity contribution in [2.45, 2.75) is 0 Å². The van der Waals surface area contributed by atoms with Crippen molar-refractivity contribution >= 4 is 31.6 Å². The van der Waals surface area contributed by atoms with Gasteiger partial charge in [0.15, 0.2) is 0 Å². The molecule has 0 spiro atoms. The van der Waals surface area contributed by atoms with Crippen LogP contribution in [0.3, 0.4) is 0 Å². The lowest BCUT2D eigenvalue weighted by Gasteiger charge is -1.86. The van der Waals surface area contributed by atoms with Crippen LogP contribution in [0.1, 0.15) is 0 Å². The molecule has 0 rings (SSSR count). The molecular formula is H2IO3P. The minimum Gasteiger partial charge on any atom is -0.328 e. The van der Waals surface area contributed by atoms with Gasteiger partial charge < -0.3 is 9.79 Å². The fourth-order valence-corrected chi connectivity index (χ4v) is 0. The zero-order chi connectivity index (χ0) is 4.28. The molecule has 2 N–H and O–H groups in total. The van der Waals surface area contributed by atoms with Gasteiger partial charge in [0.25, 0.3) is 0 Å². The van der Waals surface area contributed by atoms with E-state index in [2.05, 4.69) is 2.85 Å². The highest BCUT2D eigenvalue weighted by atomic mass is 127. The molecule has 0 saturated carbocycles. The van der Waals surface area contributed by atoms with E-state index in [4.69, 9.17) is 9.79 Å². The van der Waals surface area contributed by atoms with Gasteiger partial charge >= 0.3 is 8.60 Å². The Labute approximate surface area is 44.6 Å². The van der Waals surface area contributed by atoms with E-state index in [0.29, 0.717) is 0 Å². The fraction of sp³-hybridized carbons (Fsp3) is 0. The lowest BCUT2D eigenvalue weighted by Crippen LogP contribution is -1.58. The van der Waals surface area contributed by atoms with Crippen LogP contribution in [0.2, 0.25) is 0 Å². The predicted octanol–water partition coefficient (Wildman–Crippen LogP) is 0.564. The summed E-state index contributed by atoms with van der Waals surface area (Å²) in [4.78, 5) is 15.5. The Morgan fingerprint density at radius 2 is 1.80 bits per heavy atom. The van der Waals surface area contributed by atoms with Gasteiger partial charge in [0.05, 0.1) is 0 Å². The number of hydrogen-bond acceptors (Lipinski definition) is 3. The Morgan fingerprint density at radius 1 is 1.60 bits per heavy atom. The molecule has 0 fully saturated rings. The largest absolute Gasteiger partial charge is 0.337 e. The summed E-state index contributed by atoms with van der Waals surface area (Å²) in [7, 11) is -2.11. The van der Waals surface area contributed by atoms with Gasteiger partial charge in [-0.05, 0) is 0 Å². The van der Waals surface area contributed by atoms with Crippen molar-refractivity contribution in [2.75, 3.05) is 0 Å². The van der Waals surface area contributed by atoms with Crippen LogP contribution in [-0.4, -0.2) is 9.79 Å². The molecule has 0 radical (unpaired) electrons. The van der Waals surface area contributed by atoms with Gasteiger partial charge in [0.2, 0.25) is 0 Å². The maximum absolute atomic E-state index is 7.75.